The van der Waals surface area contributed by atoms with Crippen LogP contribution < -0.4 is 10.0 Å². The Morgan fingerprint density at radius 1 is 1.38 bits per heavy atom. The lowest BCUT2D eigenvalue weighted by Gasteiger charge is -2.24. The molecule has 24 heavy (non-hydrogen) atoms. The molecule has 1 aliphatic heterocycles. The average Bonchev–Trinajstić information content (AvgIpc) is 2.97. The van der Waals surface area contributed by atoms with Gasteiger partial charge in [-0.05, 0) is 24.6 Å². The van der Waals surface area contributed by atoms with Gasteiger partial charge in [-0.2, -0.15) is 0 Å². The minimum absolute atomic E-state index is 0.0489. The van der Waals surface area contributed by atoms with Crippen molar-refractivity contribution in [1.29, 1.82) is 0 Å². The predicted molar refractivity (Wildman–Crippen MR) is 85.3 cm³/mol. The summed E-state index contributed by atoms with van der Waals surface area (Å²) in [7, 11) is -3.71. The fraction of sp³-hybridized carbons (Fsp3) is 0.467. The van der Waals surface area contributed by atoms with Crippen LogP contribution in [0.3, 0.4) is 0 Å². The second-order valence-electron chi connectivity index (χ2n) is 5.62. The van der Waals surface area contributed by atoms with Crippen LogP contribution in [0, 0.1) is 6.92 Å². The maximum Gasteiger partial charge on any atom is 0.331 e. The normalized spacial score (nSPS) is 20.8. The van der Waals surface area contributed by atoms with Crippen LogP contribution in [0.2, 0.25) is 0 Å². The van der Waals surface area contributed by atoms with E-state index < -0.39 is 27.4 Å². The maximum absolute atomic E-state index is 12.5. The summed E-state index contributed by atoms with van der Waals surface area (Å²) in [5, 5.41) is 11.9. The van der Waals surface area contributed by atoms with Crippen LogP contribution in [0.15, 0.2) is 23.1 Å². The molecular formula is C15H20N2O6S. The molecule has 0 aromatic heterocycles. The van der Waals surface area contributed by atoms with E-state index in [0.717, 1.165) is 0 Å². The molecule has 0 radical (unpaired) electrons. The van der Waals surface area contributed by atoms with Crippen LogP contribution in [-0.4, -0.2) is 50.7 Å². The van der Waals surface area contributed by atoms with Crippen LogP contribution in [0.4, 0.5) is 0 Å². The molecule has 1 aromatic rings. The number of benzene rings is 1. The zero-order chi connectivity index (χ0) is 18.0. The lowest BCUT2D eigenvalue weighted by atomic mass is 9.97. The first-order chi connectivity index (χ1) is 11.2. The Morgan fingerprint density at radius 2 is 2.08 bits per heavy atom. The molecule has 1 aliphatic rings. The smallest absolute Gasteiger partial charge is 0.331 e. The van der Waals surface area contributed by atoms with E-state index in [1.54, 1.807) is 13.8 Å². The largest absolute Gasteiger partial charge is 0.479 e. The van der Waals surface area contributed by atoms with Crippen molar-refractivity contribution in [1.82, 2.24) is 10.0 Å². The van der Waals surface area contributed by atoms with Gasteiger partial charge in [-0.25, -0.2) is 17.9 Å². The van der Waals surface area contributed by atoms with Crippen molar-refractivity contribution in [2.24, 2.45) is 0 Å². The summed E-state index contributed by atoms with van der Waals surface area (Å²) in [6.07, 6.45) is 0.155. The molecule has 0 saturated carbocycles. The summed E-state index contributed by atoms with van der Waals surface area (Å²) >= 11 is 0. The quantitative estimate of drug-likeness (QED) is 0.672. The van der Waals surface area contributed by atoms with E-state index in [-0.39, 0.29) is 36.6 Å². The van der Waals surface area contributed by atoms with Crippen LogP contribution in [-0.2, 0) is 19.6 Å². The number of carboxylic acid groups (broad SMARTS) is 1. The molecule has 8 nitrogen and oxygen atoms in total. The third kappa shape index (κ3) is 3.58. The van der Waals surface area contributed by atoms with Gasteiger partial charge in [0.2, 0.25) is 10.0 Å². The topological polar surface area (TPSA) is 122 Å². The number of carbonyl (C=O) groups excluding carboxylic acids is 1. The van der Waals surface area contributed by atoms with Gasteiger partial charge < -0.3 is 15.2 Å². The van der Waals surface area contributed by atoms with E-state index in [2.05, 4.69) is 10.0 Å². The van der Waals surface area contributed by atoms with Gasteiger partial charge >= 0.3 is 5.97 Å². The fourth-order valence-electron chi connectivity index (χ4n) is 2.46. The molecule has 1 heterocycles. The minimum Gasteiger partial charge on any atom is -0.479 e. The Bertz CT molecular complexity index is 753. The molecule has 0 spiro atoms. The molecule has 132 valence electrons. The molecule has 9 heteroatoms. The lowest BCUT2D eigenvalue weighted by Crippen LogP contribution is -2.55. The van der Waals surface area contributed by atoms with Crippen molar-refractivity contribution < 1.29 is 27.9 Å². The third-order valence-corrected chi connectivity index (χ3v) is 5.43. The number of carbonyl (C=O) groups is 2. The van der Waals surface area contributed by atoms with Crippen molar-refractivity contribution in [3.63, 3.8) is 0 Å². The summed E-state index contributed by atoms with van der Waals surface area (Å²) in [6, 6.07) is 4.15. The van der Waals surface area contributed by atoms with Gasteiger partial charge in [0.25, 0.3) is 5.91 Å². The highest BCUT2D eigenvalue weighted by Crippen LogP contribution is 2.21. The summed E-state index contributed by atoms with van der Waals surface area (Å²) < 4.78 is 31.6. The van der Waals surface area contributed by atoms with Gasteiger partial charge in [0.1, 0.15) is 0 Å². The molecule has 1 amide bonds. The van der Waals surface area contributed by atoms with Gasteiger partial charge in [0.15, 0.2) is 5.54 Å². The Balaban J connectivity index is 2.34. The molecule has 1 aromatic carbocycles. The number of hydrogen-bond donors (Lipinski definition) is 3. The Morgan fingerprint density at radius 3 is 2.62 bits per heavy atom. The number of carboxylic acids is 1. The average molecular weight is 356 g/mol. The SMILES string of the molecule is CCNS(=O)(=O)c1ccc(C)c(C(=O)NC2(C(=O)O)CCOC2)c1. The van der Waals surface area contributed by atoms with Gasteiger partial charge in [-0.3, -0.25) is 4.79 Å². The first-order valence-electron chi connectivity index (χ1n) is 7.46. The number of amides is 1. The van der Waals surface area contributed by atoms with Crippen molar-refractivity contribution in [2.75, 3.05) is 19.8 Å². The van der Waals surface area contributed by atoms with E-state index in [0.29, 0.717) is 5.56 Å². The van der Waals surface area contributed by atoms with Crippen LogP contribution in [0.1, 0.15) is 29.3 Å². The predicted octanol–water partition coefficient (Wildman–Crippen LogP) is 0.267. The first kappa shape index (κ1) is 18.4. The zero-order valence-corrected chi connectivity index (χ0v) is 14.3. The van der Waals surface area contributed by atoms with E-state index in [1.165, 1.54) is 18.2 Å². The summed E-state index contributed by atoms with van der Waals surface area (Å²) in [5.74, 6) is -1.82. The molecule has 0 bridgehead atoms. The second-order valence-corrected chi connectivity index (χ2v) is 7.39. The van der Waals surface area contributed by atoms with Crippen LogP contribution >= 0.6 is 0 Å². The molecule has 3 N–H and O–H groups in total. The van der Waals surface area contributed by atoms with E-state index in [4.69, 9.17) is 4.74 Å². The molecule has 1 fully saturated rings. The zero-order valence-electron chi connectivity index (χ0n) is 13.5. The van der Waals surface area contributed by atoms with E-state index in [1.807, 2.05) is 0 Å². The highest BCUT2D eigenvalue weighted by molar-refractivity contribution is 7.89. The summed E-state index contributed by atoms with van der Waals surface area (Å²) in [6.45, 7) is 3.63. The highest BCUT2D eigenvalue weighted by atomic mass is 32.2. The van der Waals surface area contributed by atoms with Gasteiger partial charge in [0, 0.05) is 25.1 Å². The Kier molecular flexibility index (Phi) is 5.26. The van der Waals surface area contributed by atoms with Gasteiger partial charge in [0.05, 0.1) is 11.5 Å². The molecule has 1 unspecified atom stereocenters. The fourth-order valence-corrected chi connectivity index (χ4v) is 3.52. The molecule has 0 aliphatic carbocycles. The number of hydrogen-bond acceptors (Lipinski definition) is 5. The first-order valence-corrected chi connectivity index (χ1v) is 8.94. The van der Waals surface area contributed by atoms with Crippen LogP contribution in [0.5, 0.6) is 0 Å². The summed E-state index contributed by atoms with van der Waals surface area (Å²) in [5.41, 5.74) is -0.830. The third-order valence-electron chi connectivity index (χ3n) is 3.88. The molecular weight excluding hydrogens is 336 g/mol. The molecule has 1 atom stereocenters. The highest BCUT2D eigenvalue weighted by Gasteiger charge is 2.44. The van der Waals surface area contributed by atoms with Crippen LogP contribution in [0.25, 0.3) is 0 Å². The van der Waals surface area contributed by atoms with Crippen molar-refractivity contribution in [2.45, 2.75) is 30.7 Å². The Labute approximate surface area is 140 Å². The number of aliphatic carboxylic acids is 1. The van der Waals surface area contributed by atoms with Crippen molar-refractivity contribution >= 4 is 21.9 Å². The van der Waals surface area contributed by atoms with Gasteiger partial charge in [-0.1, -0.05) is 13.0 Å². The lowest BCUT2D eigenvalue weighted by molar-refractivity contribution is -0.144. The Hall–Kier alpha value is -1.97. The number of rotatable bonds is 6. The summed E-state index contributed by atoms with van der Waals surface area (Å²) in [4.78, 5) is 24.0. The number of nitrogens with one attached hydrogen (secondary N) is 2. The molecule has 1 saturated heterocycles. The second kappa shape index (κ2) is 6.88. The number of ether oxygens (including phenoxy) is 1. The van der Waals surface area contributed by atoms with Crippen molar-refractivity contribution in [3.8, 4) is 0 Å². The van der Waals surface area contributed by atoms with Crippen molar-refractivity contribution in [3.05, 3.63) is 29.3 Å². The standard InChI is InChI=1S/C15H20N2O6S/c1-3-16-24(21,22)11-5-4-10(2)12(8-11)13(18)17-15(14(19)20)6-7-23-9-15/h4-5,8,16H,3,6-7,9H2,1-2H3,(H,17,18)(H,19,20). The molecule has 2 rings (SSSR count). The monoisotopic (exact) mass is 356 g/mol. The number of aryl methyl sites for hydroxylation is 1. The number of sulfonamides is 1. The minimum atomic E-state index is -3.71. The van der Waals surface area contributed by atoms with E-state index in [9.17, 15) is 23.1 Å². The maximum atomic E-state index is 12.5. The van der Waals surface area contributed by atoms with Gasteiger partial charge in [-0.15, -0.1) is 0 Å². The van der Waals surface area contributed by atoms with E-state index >= 15 is 0 Å².